The molecule has 1 saturated heterocycles. The van der Waals surface area contributed by atoms with Gasteiger partial charge in [-0.1, -0.05) is 0 Å². The number of hydrogen-bond acceptors (Lipinski definition) is 5. The first-order valence-electron chi connectivity index (χ1n) is 7.48. The van der Waals surface area contributed by atoms with E-state index in [0.717, 1.165) is 34.7 Å². The number of anilines is 1. The fourth-order valence-electron chi connectivity index (χ4n) is 2.50. The summed E-state index contributed by atoms with van der Waals surface area (Å²) in [6, 6.07) is 5.68. The molecule has 2 heterocycles. The van der Waals surface area contributed by atoms with E-state index in [-0.39, 0.29) is 11.9 Å². The van der Waals surface area contributed by atoms with Gasteiger partial charge in [-0.05, 0) is 32.0 Å². The van der Waals surface area contributed by atoms with Gasteiger partial charge in [0.05, 0.1) is 35.6 Å². The van der Waals surface area contributed by atoms with E-state index < -0.39 is 0 Å². The summed E-state index contributed by atoms with van der Waals surface area (Å²) in [4.78, 5) is 21.1. The molecule has 1 amide bonds. The van der Waals surface area contributed by atoms with Crippen molar-refractivity contribution in [1.29, 1.82) is 0 Å². The number of morpholine rings is 1. The molecule has 2 N–H and O–H groups in total. The van der Waals surface area contributed by atoms with Crippen LogP contribution in [0.5, 0.6) is 0 Å². The van der Waals surface area contributed by atoms with Crippen molar-refractivity contribution in [1.82, 2.24) is 15.3 Å². The topological polar surface area (TPSA) is 76.1 Å². The lowest BCUT2D eigenvalue weighted by Gasteiger charge is -2.23. The van der Waals surface area contributed by atoms with E-state index in [1.807, 2.05) is 32.0 Å². The average Bonchev–Trinajstić information content (AvgIpc) is 2.49. The highest BCUT2D eigenvalue weighted by atomic mass is 16.5. The number of rotatable bonds is 3. The minimum Gasteiger partial charge on any atom is -0.378 e. The zero-order chi connectivity index (χ0) is 15.5. The third-order valence-electron chi connectivity index (χ3n) is 3.79. The maximum absolute atomic E-state index is 12.1. The van der Waals surface area contributed by atoms with Crippen LogP contribution in [-0.4, -0.2) is 41.7 Å². The molecule has 1 aliphatic rings. The second-order valence-electron chi connectivity index (χ2n) is 5.58. The number of aryl methyl sites for hydroxylation is 2. The zero-order valence-corrected chi connectivity index (χ0v) is 12.8. The smallest absolute Gasteiger partial charge is 0.226 e. The van der Waals surface area contributed by atoms with Crippen molar-refractivity contribution >= 4 is 22.6 Å². The summed E-state index contributed by atoms with van der Waals surface area (Å²) in [5.74, 6) is -0.0286. The molecule has 6 nitrogen and oxygen atoms in total. The average molecular weight is 300 g/mol. The first-order chi connectivity index (χ1) is 10.6. The van der Waals surface area contributed by atoms with Gasteiger partial charge >= 0.3 is 0 Å². The van der Waals surface area contributed by atoms with Gasteiger partial charge in [0, 0.05) is 24.7 Å². The van der Waals surface area contributed by atoms with E-state index in [0.29, 0.717) is 19.6 Å². The molecule has 1 fully saturated rings. The van der Waals surface area contributed by atoms with Gasteiger partial charge in [0.25, 0.3) is 0 Å². The molecule has 1 aliphatic heterocycles. The van der Waals surface area contributed by atoms with Crippen molar-refractivity contribution in [2.45, 2.75) is 26.3 Å². The molecule has 2 aromatic rings. The number of aromatic nitrogens is 2. The summed E-state index contributed by atoms with van der Waals surface area (Å²) in [7, 11) is 0. The quantitative estimate of drug-likeness (QED) is 0.899. The van der Waals surface area contributed by atoms with E-state index in [2.05, 4.69) is 20.6 Å². The van der Waals surface area contributed by atoms with E-state index in [1.165, 1.54) is 0 Å². The first kappa shape index (κ1) is 14.9. The van der Waals surface area contributed by atoms with Crippen LogP contribution in [0.1, 0.15) is 17.8 Å². The maximum atomic E-state index is 12.1. The Morgan fingerprint density at radius 3 is 2.82 bits per heavy atom. The predicted octanol–water partition coefficient (Wildman–Crippen LogP) is 1.56. The summed E-state index contributed by atoms with van der Waals surface area (Å²) in [6.45, 7) is 5.95. The first-order valence-corrected chi connectivity index (χ1v) is 7.48. The summed E-state index contributed by atoms with van der Waals surface area (Å²) in [5.41, 5.74) is 4.20. The normalized spacial score (nSPS) is 18.4. The molecular weight excluding hydrogens is 280 g/mol. The van der Waals surface area contributed by atoms with E-state index in [9.17, 15) is 4.79 Å². The van der Waals surface area contributed by atoms with Crippen LogP contribution in [0, 0.1) is 13.8 Å². The van der Waals surface area contributed by atoms with Crippen molar-refractivity contribution in [2.24, 2.45) is 0 Å². The highest BCUT2D eigenvalue weighted by molar-refractivity contribution is 5.93. The molecule has 1 aromatic heterocycles. The van der Waals surface area contributed by atoms with Gasteiger partial charge in [-0.25, -0.2) is 9.97 Å². The number of benzene rings is 1. The second kappa shape index (κ2) is 6.37. The minimum absolute atomic E-state index is 0.0286. The van der Waals surface area contributed by atoms with Crippen molar-refractivity contribution in [3.8, 4) is 0 Å². The molecule has 22 heavy (non-hydrogen) atoms. The Bertz CT molecular complexity index is 696. The molecule has 3 rings (SSSR count). The van der Waals surface area contributed by atoms with Crippen LogP contribution in [0.15, 0.2) is 18.2 Å². The van der Waals surface area contributed by atoms with Crippen LogP contribution in [0.25, 0.3) is 11.0 Å². The van der Waals surface area contributed by atoms with Gasteiger partial charge in [0.1, 0.15) is 0 Å². The number of hydrogen-bond donors (Lipinski definition) is 2. The van der Waals surface area contributed by atoms with Crippen molar-refractivity contribution in [3.63, 3.8) is 0 Å². The lowest BCUT2D eigenvalue weighted by atomic mass is 10.2. The molecule has 0 bridgehead atoms. The van der Waals surface area contributed by atoms with Crippen LogP contribution in [-0.2, 0) is 9.53 Å². The summed E-state index contributed by atoms with van der Waals surface area (Å²) in [6.07, 6.45) is 0.399. The Morgan fingerprint density at radius 1 is 1.32 bits per heavy atom. The summed E-state index contributed by atoms with van der Waals surface area (Å²) >= 11 is 0. The Balaban J connectivity index is 1.70. The Labute approximate surface area is 129 Å². The molecule has 0 radical (unpaired) electrons. The molecule has 6 heteroatoms. The Morgan fingerprint density at radius 2 is 2.09 bits per heavy atom. The number of carbonyl (C=O) groups excluding carboxylic acids is 1. The number of nitrogens with zero attached hydrogens (tertiary/aromatic N) is 2. The molecular formula is C16H20N4O2. The largest absolute Gasteiger partial charge is 0.378 e. The van der Waals surface area contributed by atoms with Crippen LogP contribution in [0.2, 0.25) is 0 Å². The third-order valence-corrected chi connectivity index (χ3v) is 3.79. The third kappa shape index (κ3) is 3.40. The molecule has 1 atom stereocenters. The predicted molar refractivity (Wildman–Crippen MR) is 84.9 cm³/mol. The van der Waals surface area contributed by atoms with Gasteiger partial charge in [-0.2, -0.15) is 0 Å². The van der Waals surface area contributed by atoms with Gasteiger partial charge < -0.3 is 15.4 Å². The molecule has 116 valence electrons. The molecule has 1 aromatic carbocycles. The fraction of sp³-hybridized carbons (Fsp3) is 0.438. The monoisotopic (exact) mass is 300 g/mol. The molecule has 0 saturated carbocycles. The molecule has 0 aliphatic carbocycles. The Kier molecular flexibility index (Phi) is 4.31. The Hall–Kier alpha value is -2.05. The van der Waals surface area contributed by atoms with Gasteiger partial charge in [0.15, 0.2) is 0 Å². The van der Waals surface area contributed by atoms with Crippen molar-refractivity contribution < 1.29 is 9.53 Å². The number of carbonyl (C=O) groups is 1. The van der Waals surface area contributed by atoms with Crippen LogP contribution < -0.4 is 10.6 Å². The van der Waals surface area contributed by atoms with Crippen LogP contribution in [0.3, 0.4) is 0 Å². The number of ether oxygens (including phenoxy) is 1. The SMILES string of the molecule is Cc1nc2ccc(NC(=O)CC3COCCN3)cc2nc1C. The zero-order valence-electron chi connectivity index (χ0n) is 12.8. The van der Waals surface area contributed by atoms with Crippen LogP contribution in [0.4, 0.5) is 5.69 Å². The lowest BCUT2D eigenvalue weighted by Crippen LogP contribution is -2.43. The van der Waals surface area contributed by atoms with Crippen molar-refractivity contribution in [2.75, 3.05) is 25.1 Å². The molecule has 1 unspecified atom stereocenters. The van der Waals surface area contributed by atoms with E-state index >= 15 is 0 Å². The maximum Gasteiger partial charge on any atom is 0.226 e. The number of fused-ring (bicyclic) bond motifs is 1. The highest BCUT2D eigenvalue weighted by Gasteiger charge is 2.17. The van der Waals surface area contributed by atoms with Crippen molar-refractivity contribution in [3.05, 3.63) is 29.6 Å². The lowest BCUT2D eigenvalue weighted by molar-refractivity contribution is -0.117. The summed E-state index contributed by atoms with van der Waals surface area (Å²) < 4.78 is 5.35. The van der Waals surface area contributed by atoms with Gasteiger partial charge in [-0.3, -0.25) is 4.79 Å². The highest BCUT2D eigenvalue weighted by Crippen LogP contribution is 2.18. The van der Waals surface area contributed by atoms with E-state index in [4.69, 9.17) is 4.74 Å². The molecule has 0 spiro atoms. The summed E-state index contributed by atoms with van der Waals surface area (Å²) in [5, 5.41) is 6.18. The standard InChI is InChI=1S/C16H20N4O2/c1-10-11(2)19-15-7-12(3-4-14(15)18-10)20-16(21)8-13-9-22-6-5-17-13/h3-4,7,13,17H,5-6,8-9H2,1-2H3,(H,20,21). The minimum atomic E-state index is -0.0286. The van der Waals surface area contributed by atoms with E-state index in [1.54, 1.807) is 0 Å². The van der Waals surface area contributed by atoms with Gasteiger partial charge in [0.2, 0.25) is 5.91 Å². The second-order valence-corrected chi connectivity index (χ2v) is 5.58. The number of nitrogens with one attached hydrogen (secondary N) is 2. The fourth-order valence-corrected chi connectivity index (χ4v) is 2.50. The van der Waals surface area contributed by atoms with Crippen LogP contribution >= 0.6 is 0 Å². The number of amides is 1. The van der Waals surface area contributed by atoms with Gasteiger partial charge in [-0.15, -0.1) is 0 Å².